The summed E-state index contributed by atoms with van der Waals surface area (Å²) in [4.78, 5) is 15.8. The first-order valence-electron chi connectivity index (χ1n) is 11.1. The van der Waals surface area contributed by atoms with Gasteiger partial charge in [-0.1, -0.05) is 12.1 Å². The van der Waals surface area contributed by atoms with Crippen molar-refractivity contribution in [1.82, 2.24) is 19.9 Å². The summed E-state index contributed by atoms with van der Waals surface area (Å²) in [7, 11) is 1.72. The Morgan fingerprint density at radius 3 is 2.84 bits per heavy atom. The Morgan fingerprint density at radius 1 is 1.16 bits per heavy atom. The fraction of sp³-hybridized carbons (Fsp3) is 0.400. The van der Waals surface area contributed by atoms with Gasteiger partial charge in [-0.2, -0.15) is 0 Å². The van der Waals surface area contributed by atoms with Crippen LogP contribution in [0.25, 0.3) is 0 Å². The highest BCUT2D eigenvalue weighted by Gasteiger charge is 2.27. The summed E-state index contributed by atoms with van der Waals surface area (Å²) >= 11 is 0. The van der Waals surface area contributed by atoms with Crippen LogP contribution in [-0.2, 0) is 17.9 Å². The van der Waals surface area contributed by atoms with Gasteiger partial charge in [0.1, 0.15) is 17.4 Å². The molecular weight excluding hydrogens is 402 g/mol. The first-order chi connectivity index (χ1) is 15.6. The van der Waals surface area contributed by atoms with Gasteiger partial charge in [-0.25, -0.2) is 9.97 Å². The normalized spacial score (nSPS) is 16.4. The summed E-state index contributed by atoms with van der Waals surface area (Å²) in [5, 5.41) is 3.24. The van der Waals surface area contributed by atoms with Gasteiger partial charge in [0.25, 0.3) is 0 Å². The molecule has 0 amide bonds. The Hall–Kier alpha value is -3.03. The summed E-state index contributed by atoms with van der Waals surface area (Å²) in [5.41, 5.74) is 3.42. The van der Waals surface area contributed by atoms with Crippen LogP contribution in [0.15, 0.2) is 55.0 Å². The van der Waals surface area contributed by atoms with Crippen molar-refractivity contribution < 1.29 is 9.47 Å². The average molecular weight is 434 g/mol. The smallest absolute Gasteiger partial charge is 0.150 e. The number of methoxy groups -OCH3 is 1. The van der Waals surface area contributed by atoms with Crippen molar-refractivity contribution in [3.05, 3.63) is 71.8 Å². The Kier molecular flexibility index (Phi) is 7.29. The predicted molar refractivity (Wildman–Crippen MR) is 125 cm³/mol. The number of aromatic nitrogens is 3. The second-order valence-corrected chi connectivity index (χ2v) is 8.33. The lowest BCUT2D eigenvalue weighted by Gasteiger charge is -2.25. The quantitative estimate of drug-likeness (QED) is 0.515. The number of benzene rings is 1. The molecule has 1 aromatic carbocycles. The molecule has 0 spiro atoms. The maximum Gasteiger partial charge on any atom is 0.150 e. The van der Waals surface area contributed by atoms with Crippen molar-refractivity contribution in [3.8, 4) is 5.75 Å². The van der Waals surface area contributed by atoms with E-state index < -0.39 is 0 Å². The highest BCUT2D eigenvalue weighted by molar-refractivity contribution is 5.50. The van der Waals surface area contributed by atoms with Gasteiger partial charge in [0.2, 0.25) is 0 Å². The zero-order valence-electron chi connectivity index (χ0n) is 19.0. The summed E-state index contributed by atoms with van der Waals surface area (Å²) in [5.74, 6) is 2.37. The van der Waals surface area contributed by atoms with Gasteiger partial charge >= 0.3 is 0 Å². The molecule has 1 aliphatic heterocycles. The zero-order chi connectivity index (χ0) is 22.3. The van der Waals surface area contributed by atoms with Crippen molar-refractivity contribution in [2.45, 2.75) is 52.0 Å². The fourth-order valence-corrected chi connectivity index (χ4v) is 4.15. The Balaban J connectivity index is 1.49. The molecule has 1 aliphatic rings. The zero-order valence-corrected chi connectivity index (χ0v) is 19.0. The SMILES string of the molecule is COCc1cc(CN2CCC[C@H]2c2cccc(Nc3cnccn3)n2)ccc1OC(C)C. The van der Waals surface area contributed by atoms with E-state index in [1.165, 1.54) is 5.56 Å². The van der Waals surface area contributed by atoms with Crippen LogP contribution in [0.3, 0.4) is 0 Å². The first kappa shape index (κ1) is 22.2. The lowest BCUT2D eigenvalue weighted by Crippen LogP contribution is -2.23. The van der Waals surface area contributed by atoms with Crippen molar-refractivity contribution in [2.75, 3.05) is 19.0 Å². The number of pyridine rings is 1. The number of nitrogens with one attached hydrogen (secondary N) is 1. The van der Waals surface area contributed by atoms with Crippen LogP contribution >= 0.6 is 0 Å². The number of rotatable bonds is 9. The molecule has 0 unspecified atom stereocenters. The minimum atomic E-state index is 0.133. The number of hydrogen-bond acceptors (Lipinski definition) is 7. The van der Waals surface area contributed by atoms with E-state index in [1.807, 2.05) is 26.0 Å². The van der Waals surface area contributed by atoms with Gasteiger partial charge in [-0.15, -0.1) is 0 Å². The van der Waals surface area contributed by atoms with E-state index in [2.05, 4.69) is 44.5 Å². The molecule has 32 heavy (non-hydrogen) atoms. The number of likely N-dealkylation sites (tertiary alicyclic amines) is 1. The Labute approximate surface area is 189 Å². The van der Waals surface area contributed by atoms with Gasteiger partial charge in [-0.05, 0) is 63.1 Å². The van der Waals surface area contributed by atoms with Crippen LogP contribution in [0, 0.1) is 0 Å². The summed E-state index contributed by atoms with van der Waals surface area (Å²) < 4.78 is 11.4. The first-order valence-corrected chi connectivity index (χ1v) is 11.1. The average Bonchev–Trinajstić information content (AvgIpc) is 3.24. The van der Waals surface area contributed by atoms with Gasteiger partial charge < -0.3 is 14.8 Å². The molecule has 168 valence electrons. The molecule has 1 atom stereocenters. The standard InChI is InChI=1S/C25H31N5O2/c1-18(2)32-23-10-9-19(14-20(23)17-31-3)16-30-13-5-7-22(30)21-6-4-8-24(28-21)29-25-15-26-11-12-27-25/h4,6,8-12,14-15,18,22H,5,7,13,16-17H2,1-3H3,(H,27,28,29)/t22-/m0/s1. The van der Waals surface area contributed by atoms with Crippen molar-refractivity contribution >= 4 is 11.6 Å². The molecule has 0 radical (unpaired) electrons. The minimum absolute atomic E-state index is 0.133. The molecule has 2 aromatic heterocycles. The lowest BCUT2D eigenvalue weighted by atomic mass is 10.1. The molecule has 7 nitrogen and oxygen atoms in total. The summed E-state index contributed by atoms with van der Waals surface area (Å²) in [6.45, 7) is 6.54. The maximum atomic E-state index is 5.96. The van der Waals surface area contributed by atoms with Gasteiger partial charge in [0.05, 0.1) is 30.6 Å². The molecule has 3 heterocycles. The predicted octanol–water partition coefficient (Wildman–Crippen LogP) is 4.89. The minimum Gasteiger partial charge on any atom is -0.491 e. The van der Waals surface area contributed by atoms with E-state index in [0.717, 1.165) is 48.8 Å². The Bertz CT molecular complexity index is 1010. The summed E-state index contributed by atoms with van der Waals surface area (Å²) in [6, 6.07) is 12.8. The molecule has 3 aromatic rings. The molecular formula is C25H31N5O2. The van der Waals surface area contributed by atoms with Gasteiger partial charge in [-0.3, -0.25) is 9.88 Å². The monoisotopic (exact) mass is 433 g/mol. The molecule has 1 saturated heterocycles. The highest BCUT2D eigenvalue weighted by Crippen LogP contribution is 2.33. The molecule has 7 heteroatoms. The van der Waals surface area contributed by atoms with Crippen LogP contribution in [0.1, 0.15) is 49.6 Å². The fourth-order valence-electron chi connectivity index (χ4n) is 4.15. The lowest BCUT2D eigenvalue weighted by molar-refractivity contribution is 0.174. The topological polar surface area (TPSA) is 72.4 Å². The van der Waals surface area contributed by atoms with E-state index in [0.29, 0.717) is 12.4 Å². The third-order valence-corrected chi connectivity index (χ3v) is 5.47. The number of nitrogens with zero attached hydrogens (tertiary/aromatic N) is 4. The van der Waals surface area contributed by atoms with Crippen LogP contribution in [0.5, 0.6) is 5.75 Å². The third kappa shape index (κ3) is 5.60. The van der Waals surface area contributed by atoms with E-state index in [4.69, 9.17) is 14.5 Å². The number of ether oxygens (including phenoxy) is 2. The largest absolute Gasteiger partial charge is 0.491 e. The molecule has 0 saturated carbocycles. The second kappa shape index (κ2) is 10.5. The second-order valence-electron chi connectivity index (χ2n) is 8.33. The molecule has 0 aliphatic carbocycles. The van der Waals surface area contributed by atoms with Crippen molar-refractivity contribution in [1.29, 1.82) is 0 Å². The van der Waals surface area contributed by atoms with E-state index in [9.17, 15) is 0 Å². The molecule has 1 N–H and O–H groups in total. The van der Waals surface area contributed by atoms with Crippen molar-refractivity contribution in [3.63, 3.8) is 0 Å². The number of anilines is 2. The third-order valence-electron chi connectivity index (χ3n) is 5.47. The van der Waals surface area contributed by atoms with Gasteiger partial charge in [0.15, 0.2) is 0 Å². The van der Waals surface area contributed by atoms with Crippen LogP contribution in [0.4, 0.5) is 11.6 Å². The Morgan fingerprint density at radius 2 is 2.06 bits per heavy atom. The number of hydrogen-bond donors (Lipinski definition) is 1. The molecule has 0 bridgehead atoms. The molecule has 4 rings (SSSR count). The van der Waals surface area contributed by atoms with E-state index in [1.54, 1.807) is 25.7 Å². The van der Waals surface area contributed by atoms with Crippen LogP contribution in [0.2, 0.25) is 0 Å². The maximum absolute atomic E-state index is 5.96. The summed E-state index contributed by atoms with van der Waals surface area (Å²) in [6.07, 6.45) is 7.41. The van der Waals surface area contributed by atoms with Crippen LogP contribution < -0.4 is 10.1 Å². The van der Waals surface area contributed by atoms with E-state index in [-0.39, 0.29) is 12.1 Å². The van der Waals surface area contributed by atoms with Crippen LogP contribution in [-0.4, -0.2) is 39.6 Å². The highest BCUT2D eigenvalue weighted by atomic mass is 16.5. The van der Waals surface area contributed by atoms with Crippen molar-refractivity contribution in [2.24, 2.45) is 0 Å². The van der Waals surface area contributed by atoms with E-state index >= 15 is 0 Å². The van der Waals surface area contributed by atoms with Gasteiger partial charge in [0, 0.05) is 31.6 Å². The molecule has 1 fully saturated rings.